The predicted molar refractivity (Wildman–Crippen MR) is 82.1 cm³/mol. The SMILES string of the molecule is NCCC1CCCN(c2cc(C(N)=O)ccc2C(N)=O)C1. The molecule has 1 aliphatic rings. The van der Waals surface area contributed by atoms with Crippen LogP contribution in [0.4, 0.5) is 5.69 Å². The van der Waals surface area contributed by atoms with Gasteiger partial charge in [0.15, 0.2) is 0 Å². The van der Waals surface area contributed by atoms with Crippen molar-refractivity contribution in [1.29, 1.82) is 0 Å². The Kier molecular flexibility index (Phi) is 4.80. The fourth-order valence-electron chi connectivity index (χ4n) is 2.91. The molecule has 1 aromatic rings. The highest BCUT2D eigenvalue weighted by Crippen LogP contribution is 2.28. The Morgan fingerprint density at radius 1 is 1.24 bits per heavy atom. The third-order valence-corrected chi connectivity index (χ3v) is 3.98. The molecule has 1 unspecified atom stereocenters. The predicted octanol–water partition coefficient (Wildman–Crippen LogP) is 0.450. The van der Waals surface area contributed by atoms with Crippen LogP contribution in [0, 0.1) is 5.92 Å². The molecule has 0 spiro atoms. The maximum Gasteiger partial charge on any atom is 0.250 e. The molecule has 0 bridgehead atoms. The van der Waals surface area contributed by atoms with E-state index >= 15 is 0 Å². The van der Waals surface area contributed by atoms with Crippen LogP contribution in [0.5, 0.6) is 0 Å². The van der Waals surface area contributed by atoms with E-state index in [0.717, 1.165) is 32.4 Å². The number of amides is 2. The highest BCUT2D eigenvalue weighted by molar-refractivity contribution is 6.01. The molecular formula is C15H22N4O2. The molecule has 0 aromatic heterocycles. The maximum absolute atomic E-state index is 11.6. The summed E-state index contributed by atoms with van der Waals surface area (Å²) in [4.78, 5) is 25.1. The van der Waals surface area contributed by atoms with Crippen molar-refractivity contribution in [3.05, 3.63) is 29.3 Å². The normalized spacial score (nSPS) is 18.5. The van der Waals surface area contributed by atoms with Crippen LogP contribution in [0.3, 0.4) is 0 Å². The van der Waals surface area contributed by atoms with Crippen LogP contribution in [-0.2, 0) is 0 Å². The van der Waals surface area contributed by atoms with Gasteiger partial charge >= 0.3 is 0 Å². The Balaban J connectivity index is 2.33. The zero-order valence-electron chi connectivity index (χ0n) is 12.0. The first-order valence-corrected chi connectivity index (χ1v) is 7.21. The molecule has 1 aliphatic heterocycles. The van der Waals surface area contributed by atoms with Crippen molar-refractivity contribution >= 4 is 17.5 Å². The van der Waals surface area contributed by atoms with E-state index in [4.69, 9.17) is 17.2 Å². The van der Waals surface area contributed by atoms with Crippen LogP contribution in [0.15, 0.2) is 18.2 Å². The van der Waals surface area contributed by atoms with E-state index in [-0.39, 0.29) is 0 Å². The molecule has 2 rings (SSSR count). The first-order chi connectivity index (χ1) is 10.0. The van der Waals surface area contributed by atoms with Gasteiger partial charge in [-0.15, -0.1) is 0 Å². The second-order valence-electron chi connectivity index (χ2n) is 5.49. The second-order valence-corrected chi connectivity index (χ2v) is 5.49. The quantitative estimate of drug-likeness (QED) is 0.730. The van der Waals surface area contributed by atoms with Gasteiger partial charge in [0.05, 0.1) is 11.3 Å². The molecule has 114 valence electrons. The first-order valence-electron chi connectivity index (χ1n) is 7.21. The molecule has 1 atom stereocenters. The molecule has 1 fully saturated rings. The highest BCUT2D eigenvalue weighted by Gasteiger charge is 2.23. The molecular weight excluding hydrogens is 268 g/mol. The fourth-order valence-corrected chi connectivity index (χ4v) is 2.91. The number of nitrogens with two attached hydrogens (primary N) is 3. The van der Waals surface area contributed by atoms with Gasteiger partial charge in [0, 0.05) is 18.7 Å². The number of primary amides is 2. The van der Waals surface area contributed by atoms with E-state index in [9.17, 15) is 9.59 Å². The summed E-state index contributed by atoms with van der Waals surface area (Å²) in [6.45, 7) is 2.31. The van der Waals surface area contributed by atoms with Crippen LogP contribution in [0.2, 0.25) is 0 Å². The molecule has 0 saturated carbocycles. The second kappa shape index (κ2) is 6.58. The molecule has 1 aromatic carbocycles. The summed E-state index contributed by atoms with van der Waals surface area (Å²) in [7, 11) is 0. The van der Waals surface area contributed by atoms with Crippen LogP contribution in [0.25, 0.3) is 0 Å². The van der Waals surface area contributed by atoms with Crippen molar-refractivity contribution in [3.63, 3.8) is 0 Å². The summed E-state index contributed by atoms with van der Waals surface area (Å²) in [6.07, 6.45) is 3.12. The number of nitrogens with zero attached hydrogens (tertiary/aromatic N) is 1. The van der Waals surface area contributed by atoms with Crippen molar-refractivity contribution in [3.8, 4) is 0 Å². The number of anilines is 1. The lowest BCUT2D eigenvalue weighted by molar-refractivity contribution is 0.0988. The lowest BCUT2D eigenvalue weighted by atomic mass is 9.93. The highest BCUT2D eigenvalue weighted by atomic mass is 16.1. The maximum atomic E-state index is 11.6. The minimum absolute atomic E-state index is 0.385. The Morgan fingerprint density at radius 3 is 2.62 bits per heavy atom. The summed E-state index contributed by atoms with van der Waals surface area (Å²) in [5, 5.41) is 0. The minimum atomic E-state index is -0.511. The van der Waals surface area contributed by atoms with E-state index < -0.39 is 11.8 Å². The third-order valence-electron chi connectivity index (χ3n) is 3.98. The fraction of sp³-hybridized carbons (Fsp3) is 0.467. The lowest BCUT2D eigenvalue weighted by Crippen LogP contribution is -2.37. The third kappa shape index (κ3) is 3.52. The summed E-state index contributed by atoms with van der Waals surface area (Å²) < 4.78 is 0. The summed E-state index contributed by atoms with van der Waals surface area (Å²) >= 11 is 0. The topological polar surface area (TPSA) is 115 Å². The Morgan fingerprint density at radius 2 is 2.00 bits per heavy atom. The van der Waals surface area contributed by atoms with E-state index in [2.05, 4.69) is 4.90 Å². The van der Waals surface area contributed by atoms with Gasteiger partial charge in [-0.05, 0) is 49.9 Å². The van der Waals surface area contributed by atoms with Crippen molar-refractivity contribution in [2.24, 2.45) is 23.1 Å². The zero-order chi connectivity index (χ0) is 15.4. The summed E-state index contributed by atoms with van der Waals surface area (Å²) in [5.41, 5.74) is 17.9. The van der Waals surface area contributed by atoms with Crippen molar-refractivity contribution < 1.29 is 9.59 Å². The molecule has 1 saturated heterocycles. The minimum Gasteiger partial charge on any atom is -0.371 e. The van der Waals surface area contributed by atoms with E-state index in [1.807, 2.05) is 0 Å². The van der Waals surface area contributed by atoms with Gasteiger partial charge < -0.3 is 22.1 Å². The number of piperidine rings is 1. The van der Waals surface area contributed by atoms with Gasteiger partial charge in [-0.25, -0.2) is 0 Å². The number of carbonyl (C=O) groups excluding carboxylic acids is 2. The van der Waals surface area contributed by atoms with E-state index in [0.29, 0.717) is 29.3 Å². The van der Waals surface area contributed by atoms with Crippen LogP contribution in [0.1, 0.15) is 40.0 Å². The van der Waals surface area contributed by atoms with Crippen LogP contribution in [-0.4, -0.2) is 31.4 Å². The van der Waals surface area contributed by atoms with Crippen molar-refractivity contribution in [2.75, 3.05) is 24.5 Å². The molecule has 6 N–H and O–H groups in total. The van der Waals surface area contributed by atoms with Gasteiger partial charge in [0.2, 0.25) is 5.91 Å². The van der Waals surface area contributed by atoms with Gasteiger partial charge in [-0.2, -0.15) is 0 Å². The smallest absolute Gasteiger partial charge is 0.250 e. The van der Waals surface area contributed by atoms with Gasteiger partial charge in [0.25, 0.3) is 5.91 Å². The Bertz CT molecular complexity index is 542. The van der Waals surface area contributed by atoms with Crippen molar-refractivity contribution in [1.82, 2.24) is 0 Å². The van der Waals surface area contributed by atoms with Gasteiger partial charge in [-0.1, -0.05) is 0 Å². The zero-order valence-corrected chi connectivity index (χ0v) is 12.0. The Hall–Kier alpha value is -2.08. The number of carbonyl (C=O) groups is 2. The molecule has 6 nitrogen and oxygen atoms in total. The summed E-state index contributed by atoms with van der Waals surface area (Å²) in [5.74, 6) is -0.508. The number of rotatable bonds is 5. The summed E-state index contributed by atoms with van der Waals surface area (Å²) in [6, 6.07) is 4.77. The molecule has 0 radical (unpaired) electrons. The molecule has 2 amide bonds. The molecule has 0 aliphatic carbocycles. The van der Waals surface area contributed by atoms with Crippen molar-refractivity contribution in [2.45, 2.75) is 19.3 Å². The number of hydrogen-bond donors (Lipinski definition) is 3. The first kappa shape index (κ1) is 15.3. The molecule has 1 heterocycles. The standard InChI is InChI=1S/C15H22N4O2/c16-6-5-10-2-1-7-19(9-10)13-8-11(14(17)20)3-4-12(13)15(18)21/h3-4,8,10H,1-2,5-7,9,16H2,(H2,17,20)(H2,18,21). The van der Waals surface area contributed by atoms with Gasteiger partial charge in [0.1, 0.15) is 0 Å². The monoisotopic (exact) mass is 290 g/mol. The lowest BCUT2D eigenvalue weighted by Gasteiger charge is -2.35. The number of benzene rings is 1. The average Bonchev–Trinajstić information content (AvgIpc) is 2.47. The number of hydrogen-bond acceptors (Lipinski definition) is 4. The van der Waals surface area contributed by atoms with Gasteiger partial charge in [-0.3, -0.25) is 9.59 Å². The molecule has 21 heavy (non-hydrogen) atoms. The largest absolute Gasteiger partial charge is 0.371 e. The van der Waals surface area contributed by atoms with Crippen LogP contribution >= 0.6 is 0 Å². The van der Waals surface area contributed by atoms with E-state index in [1.54, 1.807) is 12.1 Å². The molecule has 6 heteroatoms. The average molecular weight is 290 g/mol. The van der Waals surface area contributed by atoms with E-state index in [1.165, 1.54) is 6.07 Å². The Labute approximate surface area is 124 Å². The van der Waals surface area contributed by atoms with Crippen LogP contribution < -0.4 is 22.1 Å².